The second-order valence-electron chi connectivity index (χ2n) is 32.1. The fourth-order valence-corrected chi connectivity index (χ4v) is 16.3. The third-order valence-electron chi connectivity index (χ3n) is 16.8. The third-order valence-corrected chi connectivity index (χ3v) is 21.5. The van der Waals surface area contributed by atoms with E-state index in [-0.39, 0.29) is 55.5 Å². The van der Waals surface area contributed by atoms with Gasteiger partial charge in [-0.25, -0.2) is 0 Å². The van der Waals surface area contributed by atoms with E-state index in [0.717, 1.165) is 43.6 Å². The molecule has 4 heteroatoms. The van der Waals surface area contributed by atoms with Crippen LogP contribution in [-0.2, 0) is 56.2 Å². The number of benzene rings is 6. The summed E-state index contributed by atoms with van der Waals surface area (Å²) in [7, 11) is -2.19. The molecule has 0 radical (unpaired) electrons. The van der Waals surface area contributed by atoms with Gasteiger partial charge in [0.15, 0.2) is 0 Å². The molecular weight excluding hydrogens is 995 g/mol. The molecule has 0 saturated carbocycles. The zero-order chi connectivity index (χ0) is 58.4. The van der Waals surface area contributed by atoms with E-state index in [4.69, 9.17) is 9.47 Å². The van der Waals surface area contributed by atoms with E-state index in [0.29, 0.717) is 0 Å². The Balaban J connectivity index is 1.37. The SMILES string of the molecule is CC(C)(C)c1cc(P(c2cc(C(C)(C)C)cc(C(C)(C)C)c2)c2cccc3c2O[C@@H]2CCC[C@H](C3)Oc3c(cccc3P(c3cc(C(C)(C)C)cc(C(C)(C)C)c3)c3cc(C(C)(C)C)cc(C(C)(C)C)c3)C2)cc(C(C)(C)C)c1. The van der Waals surface area contributed by atoms with Crippen LogP contribution in [0.2, 0.25) is 0 Å². The Morgan fingerprint density at radius 1 is 0.304 bits per heavy atom. The van der Waals surface area contributed by atoms with Gasteiger partial charge in [-0.15, -0.1) is 0 Å². The van der Waals surface area contributed by atoms with E-state index in [1.165, 1.54) is 87.5 Å². The van der Waals surface area contributed by atoms with Crippen LogP contribution in [0.4, 0.5) is 0 Å². The molecule has 0 aromatic heterocycles. The molecule has 0 unspecified atom stereocenters. The molecule has 2 heterocycles. The molecule has 6 aromatic carbocycles. The van der Waals surface area contributed by atoms with Crippen molar-refractivity contribution in [1.82, 2.24) is 0 Å². The van der Waals surface area contributed by atoms with Gasteiger partial charge in [0, 0.05) is 23.5 Å². The summed E-state index contributed by atoms with van der Waals surface area (Å²) in [6.07, 6.45) is 4.45. The molecule has 0 N–H and O–H groups in total. The highest BCUT2D eigenvalue weighted by atomic mass is 31.1. The van der Waals surface area contributed by atoms with Crippen LogP contribution in [0.15, 0.2) is 109 Å². The normalized spacial score (nSPS) is 17.0. The van der Waals surface area contributed by atoms with Gasteiger partial charge in [-0.1, -0.05) is 275 Å². The van der Waals surface area contributed by atoms with E-state index in [1.54, 1.807) is 0 Å². The standard InChI is InChI=1S/C75H102O2P2/c1-68(2,3)50-36-51(69(4,5)6)41-60(40-50)78(61-42-52(70(7,8)9)37-53(43-61)71(10,11)12)64-32-25-28-48-34-59-31-27-30-58(76-66(48)64)35-49-29-26-33-65(67(49)77-59)79(62-44-54(72(13,14)15)38-55(45-62)73(16,17)18)63-46-56(74(19,20)21)39-57(47-63)75(22,23)24/h25-26,28-29,32-33,36-47,58-59H,27,30-31,34-35H2,1-24H3/t58-,59-/m1/s1. The number of ether oxygens (including phenoxy) is 2. The monoisotopic (exact) mass is 1100 g/mol. The summed E-state index contributed by atoms with van der Waals surface area (Å²) in [4.78, 5) is 0. The van der Waals surface area contributed by atoms with Gasteiger partial charge in [-0.05, 0) is 155 Å². The second kappa shape index (κ2) is 21.5. The molecule has 6 aromatic rings. The van der Waals surface area contributed by atoms with Crippen molar-refractivity contribution in [2.45, 2.75) is 254 Å². The Morgan fingerprint density at radius 3 is 0.722 bits per heavy atom. The first-order chi connectivity index (χ1) is 36.2. The van der Waals surface area contributed by atoms with Crippen molar-refractivity contribution in [2.24, 2.45) is 0 Å². The summed E-state index contributed by atoms with van der Waals surface area (Å²) >= 11 is 0. The molecule has 0 saturated heterocycles. The van der Waals surface area contributed by atoms with Gasteiger partial charge in [-0.2, -0.15) is 0 Å². The van der Waals surface area contributed by atoms with Crippen LogP contribution < -0.4 is 41.3 Å². The topological polar surface area (TPSA) is 18.5 Å². The molecule has 2 atom stereocenters. The summed E-state index contributed by atoms with van der Waals surface area (Å²) in [5.74, 6) is 2.16. The zero-order valence-corrected chi connectivity index (χ0v) is 55.6. The molecule has 8 rings (SSSR count). The average Bonchev–Trinajstić information content (AvgIpc) is 3.60. The number of para-hydroxylation sites is 2. The largest absolute Gasteiger partial charge is 0.489 e. The Labute approximate surface area is 484 Å². The summed E-state index contributed by atoms with van der Waals surface area (Å²) in [6.45, 7) is 56.9. The van der Waals surface area contributed by atoms with Crippen LogP contribution in [0.25, 0.3) is 0 Å². The maximum atomic E-state index is 7.89. The molecule has 2 nitrogen and oxygen atoms in total. The van der Waals surface area contributed by atoms with E-state index in [2.05, 4.69) is 275 Å². The molecule has 424 valence electrons. The highest BCUT2D eigenvalue weighted by Crippen LogP contribution is 2.47. The van der Waals surface area contributed by atoms with Gasteiger partial charge in [-0.3, -0.25) is 0 Å². The third kappa shape index (κ3) is 13.8. The Morgan fingerprint density at radius 2 is 0.519 bits per heavy atom. The van der Waals surface area contributed by atoms with Gasteiger partial charge in [0.05, 0.1) is 0 Å². The molecule has 2 bridgehead atoms. The number of hydrogen-bond acceptors (Lipinski definition) is 2. The molecule has 0 aliphatic carbocycles. The van der Waals surface area contributed by atoms with E-state index in [1.807, 2.05) is 0 Å². The molecule has 2 aliphatic rings. The maximum Gasteiger partial charge on any atom is 0.131 e. The highest BCUT2D eigenvalue weighted by Gasteiger charge is 2.36. The van der Waals surface area contributed by atoms with Crippen molar-refractivity contribution in [3.63, 3.8) is 0 Å². The summed E-state index contributed by atoms with van der Waals surface area (Å²) < 4.78 is 15.8. The van der Waals surface area contributed by atoms with E-state index < -0.39 is 15.8 Å². The quantitative estimate of drug-likeness (QED) is 0.155. The number of fused-ring (bicyclic) bond motifs is 6. The lowest BCUT2D eigenvalue weighted by molar-refractivity contribution is 0.189. The van der Waals surface area contributed by atoms with Crippen molar-refractivity contribution in [1.29, 1.82) is 0 Å². The maximum absolute atomic E-state index is 7.89. The minimum Gasteiger partial charge on any atom is -0.489 e. The van der Waals surface area contributed by atoms with Crippen LogP contribution in [0, 0.1) is 0 Å². The van der Waals surface area contributed by atoms with Crippen LogP contribution in [0.3, 0.4) is 0 Å². The Hall–Kier alpha value is -4.22. The fourth-order valence-electron chi connectivity index (χ4n) is 11.2. The number of hydrogen-bond donors (Lipinski definition) is 0. The molecular formula is C75H102O2P2. The lowest BCUT2D eigenvalue weighted by Gasteiger charge is -2.34. The van der Waals surface area contributed by atoms with Crippen LogP contribution in [-0.4, -0.2) is 12.2 Å². The predicted molar refractivity (Wildman–Crippen MR) is 350 cm³/mol. The van der Waals surface area contributed by atoms with Crippen LogP contribution >= 0.6 is 15.8 Å². The van der Waals surface area contributed by atoms with Gasteiger partial charge in [0.1, 0.15) is 23.7 Å². The number of rotatable bonds is 6. The summed E-state index contributed by atoms with van der Waals surface area (Å²) in [6, 6.07) is 44.6. The minimum atomic E-state index is -1.09. The Kier molecular flexibility index (Phi) is 16.6. The lowest BCUT2D eigenvalue weighted by atomic mass is 9.81. The first-order valence-corrected chi connectivity index (χ1v) is 32.7. The minimum absolute atomic E-state index is 0.0332. The summed E-state index contributed by atoms with van der Waals surface area (Å²) in [5.41, 5.74) is 13.3. The van der Waals surface area contributed by atoms with Crippen LogP contribution in [0.1, 0.15) is 241 Å². The molecule has 0 fully saturated rings. The van der Waals surface area contributed by atoms with Crippen molar-refractivity contribution in [3.05, 3.63) is 165 Å². The summed E-state index contributed by atoms with van der Waals surface area (Å²) in [5, 5.41) is 8.20. The van der Waals surface area contributed by atoms with Gasteiger partial charge in [0.2, 0.25) is 0 Å². The van der Waals surface area contributed by atoms with E-state index in [9.17, 15) is 0 Å². The first kappa shape index (κ1) is 60.9. The zero-order valence-electron chi connectivity index (χ0n) is 53.8. The van der Waals surface area contributed by atoms with E-state index >= 15 is 0 Å². The van der Waals surface area contributed by atoms with Gasteiger partial charge < -0.3 is 9.47 Å². The smallest absolute Gasteiger partial charge is 0.131 e. The van der Waals surface area contributed by atoms with Gasteiger partial charge in [0.25, 0.3) is 0 Å². The Bertz CT molecular complexity index is 2690. The van der Waals surface area contributed by atoms with Gasteiger partial charge >= 0.3 is 0 Å². The average molecular weight is 1100 g/mol. The van der Waals surface area contributed by atoms with Crippen molar-refractivity contribution in [3.8, 4) is 11.5 Å². The molecule has 79 heavy (non-hydrogen) atoms. The molecule has 0 amide bonds. The first-order valence-electron chi connectivity index (χ1n) is 30.0. The molecule has 2 aliphatic heterocycles. The van der Waals surface area contributed by atoms with Crippen molar-refractivity contribution >= 4 is 47.7 Å². The van der Waals surface area contributed by atoms with Crippen molar-refractivity contribution < 1.29 is 9.47 Å². The fraction of sp³-hybridized carbons (Fsp3) is 0.520. The second-order valence-corrected chi connectivity index (χ2v) is 36.5. The highest BCUT2D eigenvalue weighted by molar-refractivity contribution is 7.80. The lowest BCUT2D eigenvalue weighted by Crippen LogP contribution is -2.32. The predicted octanol–water partition coefficient (Wildman–Crippen LogP) is 18.1. The van der Waals surface area contributed by atoms with Crippen molar-refractivity contribution in [2.75, 3.05) is 0 Å². The van der Waals surface area contributed by atoms with Crippen LogP contribution in [0.5, 0.6) is 11.5 Å². The molecule has 0 spiro atoms.